The third-order valence-electron chi connectivity index (χ3n) is 0. The van der Waals surface area contributed by atoms with Gasteiger partial charge in [-0.25, -0.2) is 0 Å². The fraction of sp³-hybridized carbons (Fsp3) is 0. The van der Waals surface area contributed by atoms with E-state index in [1.54, 1.807) is 0 Å². The van der Waals surface area contributed by atoms with Crippen molar-refractivity contribution in [1.29, 1.82) is 0 Å². The molecule has 0 radical (unpaired) electrons. The third-order valence-corrected chi connectivity index (χ3v) is 0. The Morgan fingerprint density at radius 2 is 1.00 bits per heavy atom. The molecular formula is H7AlCaMgO5SiTi. The molecule has 52 valence electrons. The van der Waals surface area contributed by atoms with Crippen LogP contribution in [0.15, 0.2) is 0 Å². The summed E-state index contributed by atoms with van der Waals surface area (Å²) in [6.45, 7) is 0. The van der Waals surface area contributed by atoms with E-state index in [0.717, 1.165) is 20.4 Å². The van der Waals surface area contributed by atoms with Gasteiger partial charge in [0.15, 0.2) is 0 Å². The minimum absolute atomic E-state index is 0. The van der Waals surface area contributed by atoms with Gasteiger partial charge in [-0.3, -0.25) is 0 Å². The molecule has 0 atom stereocenters. The Morgan fingerprint density at radius 1 is 1.00 bits per heavy atom. The average molecular weight is 254 g/mol. The predicted molar refractivity (Wildman–Crippen MR) is 35.9 cm³/mol. The molecule has 0 aliphatic carbocycles. The second kappa shape index (κ2) is 175. The molecule has 0 heterocycles. The van der Waals surface area contributed by atoms with Crippen LogP contribution < -0.4 is 0 Å². The first kappa shape index (κ1) is 52.9. The minimum atomic E-state index is 0. The first-order valence-corrected chi connectivity index (χ1v) is 2.57. The summed E-state index contributed by atoms with van der Waals surface area (Å²) in [4.78, 5) is 0. The molecule has 0 aromatic rings. The van der Waals surface area contributed by atoms with Crippen LogP contribution in [-0.2, 0) is 32.0 Å². The second-order valence-electron chi connectivity index (χ2n) is 0. The van der Waals surface area contributed by atoms with E-state index in [1.807, 2.05) is 0 Å². The Kier molecular flexibility index (Phi) is 925. The Bertz CT molecular complexity index is 26.4. The SMILES string of the molecule is O=[SiH2].[CaH+].[MgH+].[OH-].[OH-].[O]=[AlH].[O]=[Ti]. The summed E-state index contributed by atoms with van der Waals surface area (Å²) in [6, 6.07) is 0. The van der Waals surface area contributed by atoms with Crippen LogP contribution in [0.25, 0.3) is 0 Å². The molecule has 10 heteroatoms. The average Bonchev–Trinajstić information content (AvgIpc) is 1.81. The van der Waals surface area contributed by atoms with Gasteiger partial charge in [-0.05, 0) is 0 Å². The van der Waals surface area contributed by atoms with E-state index >= 15 is 0 Å². The topological polar surface area (TPSA) is 111 Å². The molecule has 0 saturated heterocycles. The molecule has 0 aliphatic rings. The summed E-state index contributed by atoms with van der Waals surface area (Å²) in [7, 11) is 0.611. The molecule has 10 heavy (non-hydrogen) atoms. The van der Waals surface area contributed by atoms with Crippen molar-refractivity contribution in [2.45, 2.75) is 0 Å². The van der Waals surface area contributed by atoms with E-state index in [0.29, 0.717) is 26.4 Å². The molecule has 0 fully saturated rings. The van der Waals surface area contributed by atoms with Crippen LogP contribution >= 0.6 is 0 Å². The van der Waals surface area contributed by atoms with Crippen LogP contribution in [0, 0.1) is 0 Å². The van der Waals surface area contributed by atoms with Crippen molar-refractivity contribution in [2.24, 2.45) is 0 Å². The summed E-state index contributed by atoms with van der Waals surface area (Å²) >= 11 is 1.36. The van der Waals surface area contributed by atoms with Crippen molar-refractivity contribution < 1.29 is 42.9 Å². The van der Waals surface area contributed by atoms with Gasteiger partial charge in [0.05, 0.1) is 0 Å². The van der Waals surface area contributed by atoms with Gasteiger partial charge in [0.2, 0.25) is 10.1 Å². The van der Waals surface area contributed by atoms with E-state index in [-0.39, 0.29) is 71.7 Å². The van der Waals surface area contributed by atoms with Crippen molar-refractivity contribution in [3.63, 3.8) is 0 Å². The predicted octanol–water partition coefficient (Wildman–Crippen LogP) is -3.57. The fourth-order valence-corrected chi connectivity index (χ4v) is 0. The summed E-state index contributed by atoms with van der Waals surface area (Å²) in [6.07, 6.45) is 0. The molecule has 0 aromatic carbocycles. The van der Waals surface area contributed by atoms with Gasteiger partial charge in [0, 0.05) is 0 Å². The monoisotopic (exact) mass is 254 g/mol. The van der Waals surface area contributed by atoms with Gasteiger partial charge >= 0.3 is 105 Å². The molecule has 0 saturated carbocycles. The Morgan fingerprint density at radius 3 is 1.00 bits per heavy atom. The molecular weight excluding hydrogens is 247 g/mol. The van der Waals surface area contributed by atoms with Gasteiger partial charge in [-0.2, -0.15) is 0 Å². The quantitative estimate of drug-likeness (QED) is 0.415. The molecule has 2 N–H and O–H groups in total. The van der Waals surface area contributed by atoms with Crippen LogP contribution in [0.3, 0.4) is 0 Å². The molecule has 0 rings (SSSR count). The number of hydrogen-bond donors (Lipinski definition) is 0. The van der Waals surface area contributed by atoms with Crippen molar-refractivity contribution >= 4 is 87.1 Å². The molecule has 0 unspecified atom stereocenters. The van der Waals surface area contributed by atoms with Crippen LogP contribution in [0.4, 0.5) is 0 Å². The maximum absolute atomic E-state index is 8.28. The normalized spacial score (nSPS) is 1.00. The Hall–Kier alpha value is 2.81. The van der Waals surface area contributed by atoms with Crippen molar-refractivity contribution in [2.75, 3.05) is 0 Å². The zero-order valence-electron chi connectivity index (χ0n) is 6.03. The molecule has 0 aromatic heterocycles. The molecule has 0 spiro atoms. The zero-order chi connectivity index (χ0) is 6.00. The first-order chi connectivity index (χ1) is 3.00. The van der Waals surface area contributed by atoms with Crippen molar-refractivity contribution in [1.82, 2.24) is 0 Å². The van der Waals surface area contributed by atoms with E-state index in [9.17, 15) is 0 Å². The van der Waals surface area contributed by atoms with Gasteiger partial charge in [-0.15, -0.1) is 0 Å². The second-order valence-corrected chi connectivity index (χ2v) is 0. The van der Waals surface area contributed by atoms with Crippen LogP contribution in [-0.4, -0.2) is 98.1 Å². The third kappa shape index (κ3) is 132. The molecule has 5 nitrogen and oxygen atoms in total. The maximum atomic E-state index is 8.28. The van der Waals surface area contributed by atoms with Gasteiger partial charge < -0.3 is 15.4 Å². The van der Waals surface area contributed by atoms with Gasteiger partial charge in [-0.1, -0.05) is 0 Å². The fourth-order valence-electron chi connectivity index (χ4n) is 0. The Balaban J connectivity index is -0.00000000225. The van der Waals surface area contributed by atoms with E-state index in [4.69, 9.17) is 11.6 Å². The number of rotatable bonds is 0. The van der Waals surface area contributed by atoms with E-state index in [2.05, 4.69) is 0 Å². The zero-order valence-corrected chi connectivity index (χ0v) is 15.5. The van der Waals surface area contributed by atoms with Crippen molar-refractivity contribution in [3.05, 3.63) is 0 Å². The summed E-state index contributed by atoms with van der Waals surface area (Å²) < 4.78 is 24.8. The summed E-state index contributed by atoms with van der Waals surface area (Å²) in [5, 5.41) is 0. The van der Waals surface area contributed by atoms with Crippen molar-refractivity contribution in [3.8, 4) is 0 Å². The standard InChI is InChI=1S/Al.Ca.Mg.H2OSi.2H2O.2O.Ti.3H/c;;;1-2;;;;;;;;/h;;;2H2;2*1H2;;;;;;/q;2*+1;;;;;;;;;/p-2. The molecule has 0 bridgehead atoms. The van der Waals surface area contributed by atoms with E-state index in [1.165, 1.54) is 0 Å². The molecule has 0 aliphatic heterocycles. The van der Waals surface area contributed by atoms with Gasteiger partial charge in [0.1, 0.15) is 0 Å². The number of hydrogen-bond acceptors (Lipinski definition) is 5. The first-order valence-electron chi connectivity index (χ1n) is 0.781. The van der Waals surface area contributed by atoms with Crippen LogP contribution in [0.1, 0.15) is 0 Å². The Labute approximate surface area is 128 Å². The van der Waals surface area contributed by atoms with Crippen LogP contribution in [0.2, 0.25) is 0 Å². The summed E-state index contributed by atoms with van der Waals surface area (Å²) in [5.74, 6) is 0. The molecule has 0 amide bonds. The van der Waals surface area contributed by atoms with Crippen LogP contribution in [0.5, 0.6) is 0 Å². The van der Waals surface area contributed by atoms with E-state index < -0.39 is 0 Å². The summed E-state index contributed by atoms with van der Waals surface area (Å²) in [5.41, 5.74) is 0. The van der Waals surface area contributed by atoms with Gasteiger partial charge in [0.25, 0.3) is 0 Å².